The van der Waals surface area contributed by atoms with E-state index in [1.54, 1.807) is 11.1 Å². The Labute approximate surface area is 137 Å². The summed E-state index contributed by atoms with van der Waals surface area (Å²) in [4.78, 5) is 0. The van der Waals surface area contributed by atoms with Gasteiger partial charge in [0.15, 0.2) is 0 Å². The first-order valence-electron chi connectivity index (χ1n) is 8.69. The maximum Gasteiger partial charge on any atom is 0.00960 e. The number of hydrogen-bond donors (Lipinski definition) is 0. The summed E-state index contributed by atoms with van der Waals surface area (Å²) >= 11 is 0. The van der Waals surface area contributed by atoms with Crippen molar-refractivity contribution in [3.8, 4) is 0 Å². The first-order chi connectivity index (χ1) is 11.4. The lowest BCUT2D eigenvalue weighted by molar-refractivity contribution is 0.518. The molecule has 0 N–H and O–H groups in total. The summed E-state index contributed by atoms with van der Waals surface area (Å²) < 4.78 is 0. The smallest absolute Gasteiger partial charge is 0.00960 e. The summed E-state index contributed by atoms with van der Waals surface area (Å²) in [6.07, 6.45) is 8.58. The van der Waals surface area contributed by atoms with Crippen LogP contribution in [0.25, 0.3) is 16.8 Å². The van der Waals surface area contributed by atoms with Gasteiger partial charge < -0.3 is 0 Å². The predicted octanol–water partition coefficient (Wildman–Crippen LogP) is 6.07. The molecule has 0 amide bonds. The van der Waals surface area contributed by atoms with Gasteiger partial charge in [0.05, 0.1) is 0 Å². The van der Waals surface area contributed by atoms with Gasteiger partial charge in [-0.3, -0.25) is 0 Å². The van der Waals surface area contributed by atoms with Gasteiger partial charge in [-0.2, -0.15) is 0 Å². The van der Waals surface area contributed by atoms with Crippen LogP contribution in [-0.2, 0) is 6.42 Å². The van der Waals surface area contributed by atoms with Crippen molar-refractivity contribution >= 4 is 16.8 Å². The summed E-state index contributed by atoms with van der Waals surface area (Å²) in [5, 5.41) is 2.77. The lowest BCUT2D eigenvalue weighted by Crippen LogP contribution is -2.15. The molecule has 3 aromatic carbocycles. The molecule has 2 unspecified atom stereocenters. The lowest BCUT2D eigenvalue weighted by atomic mass is 9.73. The van der Waals surface area contributed by atoms with E-state index >= 15 is 0 Å². The molecule has 0 heterocycles. The van der Waals surface area contributed by atoms with Crippen LogP contribution >= 0.6 is 0 Å². The van der Waals surface area contributed by atoms with Crippen LogP contribution in [0.3, 0.4) is 0 Å². The van der Waals surface area contributed by atoms with Gasteiger partial charge in [-0.25, -0.2) is 0 Å². The molecule has 2 atom stereocenters. The number of allylic oxidation sites excluding steroid dienone is 1. The maximum absolute atomic E-state index is 2.46. The number of fused-ring (bicyclic) bond motifs is 3. The Bertz CT molecular complexity index is 916. The van der Waals surface area contributed by atoms with E-state index in [0.717, 1.165) is 0 Å². The van der Waals surface area contributed by atoms with E-state index in [4.69, 9.17) is 0 Å². The van der Waals surface area contributed by atoms with E-state index in [1.165, 1.54) is 41.2 Å². The van der Waals surface area contributed by atoms with E-state index in [2.05, 4.69) is 72.8 Å². The summed E-state index contributed by atoms with van der Waals surface area (Å²) in [6, 6.07) is 22.6. The van der Waals surface area contributed by atoms with Gasteiger partial charge in [0.25, 0.3) is 0 Å². The van der Waals surface area contributed by atoms with Gasteiger partial charge in [0.2, 0.25) is 0 Å². The molecule has 5 rings (SSSR count). The second-order valence-corrected chi connectivity index (χ2v) is 6.91. The highest BCUT2D eigenvalue weighted by Gasteiger charge is 2.30. The molecule has 0 saturated heterocycles. The average molecular weight is 296 g/mol. The molecule has 0 aliphatic heterocycles. The van der Waals surface area contributed by atoms with Crippen LogP contribution in [0.1, 0.15) is 46.9 Å². The molecule has 112 valence electrons. The minimum Gasteiger partial charge on any atom is -0.0758 e. The molecule has 0 aromatic heterocycles. The Morgan fingerprint density at radius 1 is 0.783 bits per heavy atom. The van der Waals surface area contributed by atoms with Crippen LogP contribution in [0.15, 0.2) is 66.7 Å². The van der Waals surface area contributed by atoms with E-state index in [-0.39, 0.29) is 0 Å². The molecule has 0 spiro atoms. The van der Waals surface area contributed by atoms with Gasteiger partial charge in [0, 0.05) is 5.92 Å². The molecular weight excluding hydrogens is 276 g/mol. The van der Waals surface area contributed by atoms with Crippen LogP contribution in [-0.4, -0.2) is 0 Å². The number of benzene rings is 3. The third-order valence-corrected chi connectivity index (χ3v) is 5.64. The first kappa shape index (κ1) is 13.1. The van der Waals surface area contributed by atoms with Crippen LogP contribution in [0.2, 0.25) is 0 Å². The molecule has 2 aliphatic carbocycles. The molecule has 3 aromatic rings. The van der Waals surface area contributed by atoms with Gasteiger partial charge in [-0.05, 0) is 58.2 Å². The third-order valence-electron chi connectivity index (χ3n) is 5.64. The van der Waals surface area contributed by atoms with Crippen molar-refractivity contribution in [3.63, 3.8) is 0 Å². The second kappa shape index (κ2) is 5.09. The van der Waals surface area contributed by atoms with Crippen molar-refractivity contribution in [2.75, 3.05) is 0 Å². The van der Waals surface area contributed by atoms with E-state index < -0.39 is 0 Å². The topological polar surface area (TPSA) is 0 Å². The van der Waals surface area contributed by atoms with Crippen molar-refractivity contribution in [2.45, 2.75) is 31.1 Å². The molecule has 0 nitrogen and oxygen atoms in total. The molecule has 0 radical (unpaired) electrons. The largest absolute Gasteiger partial charge is 0.0758 e. The van der Waals surface area contributed by atoms with Crippen molar-refractivity contribution < 1.29 is 0 Å². The van der Waals surface area contributed by atoms with Crippen LogP contribution in [0.4, 0.5) is 0 Å². The molecule has 0 saturated carbocycles. The first-order valence-corrected chi connectivity index (χ1v) is 8.69. The second-order valence-electron chi connectivity index (χ2n) is 6.91. The molecule has 2 aliphatic rings. The molecule has 23 heavy (non-hydrogen) atoms. The minimum atomic E-state index is 0.548. The third kappa shape index (κ3) is 2.05. The Hall–Kier alpha value is -2.34. The minimum absolute atomic E-state index is 0.548. The monoisotopic (exact) mass is 296 g/mol. The fourth-order valence-corrected chi connectivity index (χ4v) is 4.54. The highest BCUT2D eigenvalue weighted by molar-refractivity contribution is 5.84. The van der Waals surface area contributed by atoms with E-state index in [1.807, 2.05) is 0 Å². The Morgan fingerprint density at radius 2 is 1.57 bits per heavy atom. The average Bonchev–Trinajstić information content (AvgIpc) is 3.03. The lowest BCUT2D eigenvalue weighted by Gasteiger charge is -2.31. The standard InChI is InChI=1S/C23H20/c1-2-8-18-15-23-19(14-17(18)7-1)9-5-11-21(23)22-13-12-16-6-3-4-10-20(16)22/h1-4,6-8,10,12-15,21-22H,5,9,11H2. The zero-order valence-corrected chi connectivity index (χ0v) is 13.2. The summed E-state index contributed by atoms with van der Waals surface area (Å²) in [5.74, 6) is 1.18. The number of rotatable bonds is 1. The van der Waals surface area contributed by atoms with Crippen molar-refractivity contribution in [1.29, 1.82) is 0 Å². The van der Waals surface area contributed by atoms with Crippen molar-refractivity contribution in [2.24, 2.45) is 0 Å². The number of hydrogen-bond acceptors (Lipinski definition) is 0. The molecule has 0 fully saturated rings. The summed E-state index contributed by atoms with van der Waals surface area (Å²) in [7, 11) is 0. The summed E-state index contributed by atoms with van der Waals surface area (Å²) in [5.41, 5.74) is 6.07. The Kier molecular flexibility index (Phi) is 2.91. The summed E-state index contributed by atoms with van der Waals surface area (Å²) in [6.45, 7) is 0. The molecule has 0 heteroatoms. The SMILES string of the molecule is C1=CC(C2CCCc3cc4ccccc4cc32)c2ccccc21. The fourth-order valence-electron chi connectivity index (χ4n) is 4.54. The fraction of sp³-hybridized carbons (Fsp3) is 0.217. The highest BCUT2D eigenvalue weighted by Crippen LogP contribution is 2.46. The van der Waals surface area contributed by atoms with Gasteiger partial charge in [0.1, 0.15) is 0 Å². The van der Waals surface area contributed by atoms with Crippen molar-refractivity contribution in [3.05, 3.63) is 89.0 Å². The quantitative estimate of drug-likeness (QED) is 0.511. The van der Waals surface area contributed by atoms with Gasteiger partial charge in [-0.1, -0.05) is 72.8 Å². The van der Waals surface area contributed by atoms with Crippen LogP contribution < -0.4 is 0 Å². The Balaban J connectivity index is 1.65. The number of aryl methyl sites for hydroxylation is 1. The van der Waals surface area contributed by atoms with Crippen LogP contribution in [0, 0.1) is 0 Å². The normalized spacial score (nSPS) is 22.1. The van der Waals surface area contributed by atoms with E-state index in [9.17, 15) is 0 Å². The highest BCUT2D eigenvalue weighted by atomic mass is 14.3. The van der Waals surface area contributed by atoms with Crippen molar-refractivity contribution in [1.82, 2.24) is 0 Å². The maximum atomic E-state index is 2.46. The zero-order chi connectivity index (χ0) is 15.2. The van der Waals surface area contributed by atoms with Crippen LogP contribution in [0.5, 0.6) is 0 Å². The van der Waals surface area contributed by atoms with Gasteiger partial charge >= 0.3 is 0 Å². The molecule has 0 bridgehead atoms. The van der Waals surface area contributed by atoms with Gasteiger partial charge in [-0.15, -0.1) is 0 Å². The molecular formula is C23H20. The van der Waals surface area contributed by atoms with E-state index in [0.29, 0.717) is 11.8 Å². The predicted molar refractivity (Wildman–Crippen MR) is 97.8 cm³/mol. The zero-order valence-electron chi connectivity index (χ0n) is 13.2. The Morgan fingerprint density at radius 3 is 2.48 bits per heavy atom.